The van der Waals surface area contributed by atoms with Crippen molar-refractivity contribution in [3.8, 4) is 11.8 Å². The number of nitrogen functional groups attached to an aromatic ring is 1. The number of rotatable bonds is 4. The second kappa shape index (κ2) is 8.72. The molecule has 7 heteroatoms. The second-order valence-electron chi connectivity index (χ2n) is 7.04. The van der Waals surface area contributed by atoms with Crippen LogP contribution in [0.2, 0.25) is 0 Å². The summed E-state index contributed by atoms with van der Waals surface area (Å²) in [7, 11) is 1.86. The average Bonchev–Trinajstić information content (AvgIpc) is 2.69. The summed E-state index contributed by atoms with van der Waals surface area (Å²) in [6.45, 7) is 1.98. The third kappa shape index (κ3) is 4.59. The van der Waals surface area contributed by atoms with E-state index in [0.717, 1.165) is 42.5 Å². The average molecular weight is 378 g/mol. The van der Waals surface area contributed by atoms with E-state index in [-0.39, 0.29) is 23.7 Å². The smallest absolute Gasteiger partial charge is 0.141 e. The van der Waals surface area contributed by atoms with Crippen LogP contribution >= 0.6 is 0 Å². The lowest BCUT2D eigenvalue weighted by atomic mass is 9.93. The van der Waals surface area contributed by atoms with Crippen LogP contribution in [0.1, 0.15) is 42.4 Å². The number of aryl methyl sites for hydroxylation is 1. The minimum absolute atomic E-state index is 0.0747. The summed E-state index contributed by atoms with van der Waals surface area (Å²) in [4.78, 5) is 8.32. The molecule has 28 heavy (non-hydrogen) atoms. The van der Waals surface area contributed by atoms with Crippen molar-refractivity contribution in [1.29, 1.82) is 5.41 Å². The molecule has 1 aliphatic carbocycles. The van der Waals surface area contributed by atoms with Gasteiger partial charge in [0.1, 0.15) is 23.7 Å². The zero-order chi connectivity index (χ0) is 20.1. The van der Waals surface area contributed by atoms with Crippen molar-refractivity contribution in [2.24, 2.45) is 0 Å². The Labute approximate surface area is 165 Å². The maximum absolute atomic E-state index is 9.69. The first-order valence-corrected chi connectivity index (χ1v) is 9.42. The summed E-state index contributed by atoms with van der Waals surface area (Å²) in [5.74, 6) is 6.71. The van der Waals surface area contributed by atoms with Gasteiger partial charge in [-0.2, -0.15) is 0 Å². The highest BCUT2D eigenvalue weighted by molar-refractivity contribution is 6.16. The topological polar surface area (TPSA) is 120 Å². The fraction of sp³-hybridized carbons (Fsp3) is 0.381. The number of aliphatic hydroxyl groups excluding tert-OH is 1. The van der Waals surface area contributed by atoms with Crippen molar-refractivity contribution in [2.75, 3.05) is 23.4 Å². The van der Waals surface area contributed by atoms with Crippen molar-refractivity contribution in [3.63, 3.8) is 0 Å². The number of hydrogen-bond acceptors (Lipinski definition) is 7. The molecule has 2 aromatic rings. The van der Waals surface area contributed by atoms with Crippen molar-refractivity contribution in [2.45, 2.75) is 44.8 Å². The quantitative estimate of drug-likeness (QED) is 0.412. The van der Waals surface area contributed by atoms with Gasteiger partial charge in [-0.25, -0.2) is 9.97 Å². The molecule has 0 saturated heterocycles. The molecule has 1 aromatic heterocycles. The van der Waals surface area contributed by atoms with Gasteiger partial charge >= 0.3 is 0 Å². The highest BCUT2D eigenvalue weighted by atomic mass is 16.3. The number of aliphatic hydroxyl groups is 1. The molecule has 1 aliphatic rings. The fourth-order valence-electron chi connectivity index (χ4n) is 3.27. The Morgan fingerprint density at radius 3 is 2.71 bits per heavy atom. The number of benzene rings is 1. The Kier molecular flexibility index (Phi) is 6.12. The van der Waals surface area contributed by atoms with Crippen LogP contribution in [0.25, 0.3) is 0 Å². The molecule has 0 unspecified atom stereocenters. The monoisotopic (exact) mass is 378 g/mol. The molecular weight excluding hydrogens is 352 g/mol. The zero-order valence-corrected chi connectivity index (χ0v) is 16.2. The highest BCUT2D eigenvalue weighted by Gasteiger charge is 2.22. The molecular formula is C21H26N6O. The van der Waals surface area contributed by atoms with E-state index in [4.69, 9.17) is 11.1 Å². The molecule has 3 rings (SSSR count). The molecule has 0 aliphatic heterocycles. The Hall–Kier alpha value is -3.11. The van der Waals surface area contributed by atoms with Crippen molar-refractivity contribution < 1.29 is 5.11 Å². The lowest BCUT2D eigenvalue weighted by Gasteiger charge is -2.27. The second-order valence-corrected chi connectivity index (χ2v) is 7.04. The molecule has 0 atom stereocenters. The van der Waals surface area contributed by atoms with Gasteiger partial charge in [0.2, 0.25) is 0 Å². The zero-order valence-electron chi connectivity index (χ0n) is 16.2. The molecule has 0 spiro atoms. The van der Waals surface area contributed by atoms with Crippen LogP contribution < -0.4 is 16.4 Å². The summed E-state index contributed by atoms with van der Waals surface area (Å²) < 4.78 is 0. The predicted octanol–water partition coefficient (Wildman–Crippen LogP) is 2.54. The largest absolute Gasteiger partial charge is 0.393 e. The van der Waals surface area contributed by atoms with E-state index < -0.39 is 0 Å². The fourth-order valence-corrected chi connectivity index (χ4v) is 3.27. The summed E-state index contributed by atoms with van der Waals surface area (Å²) in [6, 6.07) is 6.11. The normalized spacial score (nSPS) is 18.7. The van der Waals surface area contributed by atoms with E-state index >= 15 is 0 Å². The Bertz CT molecular complexity index is 922. The van der Waals surface area contributed by atoms with E-state index in [9.17, 15) is 5.11 Å². The van der Waals surface area contributed by atoms with Crippen LogP contribution in [-0.2, 0) is 0 Å². The minimum atomic E-state index is -0.228. The number of aromatic nitrogens is 2. The lowest BCUT2D eigenvalue weighted by molar-refractivity contribution is 0.126. The van der Waals surface area contributed by atoms with Crippen LogP contribution in [0.5, 0.6) is 0 Å². The van der Waals surface area contributed by atoms with E-state index in [1.54, 1.807) is 0 Å². The molecule has 1 saturated carbocycles. The first-order valence-electron chi connectivity index (χ1n) is 9.42. The summed E-state index contributed by atoms with van der Waals surface area (Å²) in [5.41, 5.74) is 9.39. The van der Waals surface area contributed by atoms with Crippen LogP contribution in [0.4, 0.5) is 17.3 Å². The number of nitrogens with two attached hydrogens (primary N) is 1. The van der Waals surface area contributed by atoms with Gasteiger partial charge in [0.15, 0.2) is 0 Å². The van der Waals surface area contributed by atoms with Crippen LogP contribution in [0, 0.1) is 24.2 Å². The summed E-state index contributed by atoms with van der Waals surface area (Å²) >= 11 is 0. The first kappa shape index (κ1) is 19.6. The van der Waals surface area contributed by atoms with Gasteiger partial charge < -0.3 is 21.5 Å². The number of anilines is 3. The summed E-state index contributed by atoms with van der Waals surface area (Å²) in [6.07, 6.45) is 4.37. The molecule has 1 fully saturated rings. The Balaban J connectivity index is 1.85. The van der Waals surface area contributed by atoms with Crippen molar-refractivity contribution >= 4 is 23.0 Å². The third-order valence-corrected chi connectivity index (χ3v) is 5.01. The molecule has 0 bridgehead atoms. The predicted molar refractivity (Wildman–Crippen MR) is 113 cm³/mol. The standard InChI is InChI=1S/C21H26N6O/c1-13-3-5-16(24-2)11-14(13)4-10-18(22)19-20(23)25-12-26-21(19)27-15-6-8-17(28)9-7-15/h3,5,11-12,15,17,22,24,28H,6-9H2,1-2H3,(H3,23,25,26,27). The van der Waals surface area contributed by atoms with Crippen molar-refractivity contribution in [1.82, 2.24) is 9.97 Å². The van der Waals surface area contributed by atoms with Gasteiger partial charge in [-0.15, -0.1) is 0 Å². The third-order valence-electron chi connectivity index (χ3n) is 5.01. The molecule has 1 aromatic carbocycles. The SMILES string of the molecule is CNc1ccc(C)c(C#CC(=N)c2c(N)ncnc2NC2CCC(O)CC2)c1. The maximum atomic E-state index is 9.69. The molecule has 0 amide bonds. The highest BCUT2D eigenvalue weighted by Crippen LogP contribution is 2.25. The molecule has 1 heterocycles. The molecule has 146 valence electrons. The van der Waals surface area contributed by atoms with Crippen LogP contribution in [0.15, 0.2) is 24.5 Å². The first-order chi connectivity index (χ1) is 13.5. The van der Waals surface area contributed by atoms with Gasteiger partial charge in [0.05, 0.1) is 11.7 Å². The molecule has 7 nitrogen and oxygen atoms in total. The van der Waals surface area contributed by atoms with Gasteiger partial charge in [-0.05, 0) is 56.2 Å². The van der Waals surface area contributed by atoms with E-state index in [0.29, 0.717) is 11.4 Å². The van der Waals surface area contributed by atoms with Gasteiger partial charge in [-0.3, -0.25) is 5.41 Å². The van der Waals surface area contributed by atoms with Crippen LogP contribution in [0.3, 0.4) is 0 Å². The number of hydrogen-bond donors (Lipinski definition) is 5. The Morgan fingerprint density at radius 2 is 2.00 bits per heavy atom. The van der Waals surface area contributed by atoms with Gasteiger partial charge in [0, 0.05) is 24.3 Å². The van der Waals surface area contributed by atoms with E-state index in [1.165, 1.54) is 6.33 Å². The molecule has 0 radical (unpaired) electrons. The summed E-state index contributed by atoms with van der Waals surface area (Å²) in [5, 5.41) is 24.6. The van der Waals surface area contributed by atoms with Crippen LogP contribution in [-0.4, -0.2) is 40.0 Å². The molecule has 6 N–H and O–H groups in total. The van der Waals surface area contributed by atoms with E-state index in [1.807, 2.05) is 32.2 Å². The number of nitrogens with zero attached hydrogens (tertiary/aromatic N) is 2. The van der Waals surface area contributed by atoms with Crippen molar-refractivity contribution in [3.05, 3.63) is 41.2 Å². The minimum Gasteiger partial charge on any atom is -0.393 e. The van der Waals surface area contributed by atoms with E-state index in [2.05, 4.69) is 32.4 Å². The number of nitrogens with one attached hydrogen (secondary N) is 3. The maximum Gasteiger partial charge on any atom is 0.141 e. The lowest BCUT2D eigenvalue weighted by Crippen LogP contribution is -2.29. The van der Waals surface area contributed by atoms with Gasteiger partial charge in [0.25, 0.3) is 0 Å². The Morgan fingerprint density at radius 1 is 1.25 bits per heavy atom. The van der Waals surface area contributed by atoms with Gasteiger partial charge in [-0.1, -0.05) is 12.0 Å².